The van der Waals surface area contributed by atoms with Crippen LogP contribution in [0.25, 0.3) is 6.08 Å². The van der Waals surface area contributed by atoms with E-state index < -0.39 is 11.6 Å². The van der Waals surface area contributed by atoms with Crippen LogP contribution in [0.15, 0.2) is 36.4 Å². The molecular weight excluding hydrogens is 204 g/mol. The highest BCUT2D eigenvalue weighted by molar-refractivity contribution is 5.69. The molecule has 0 spiro atoms. The predicted molar refractivity (Wildman–Crippen MR) is 63.0 cm³/mol. The van der Waals surface area contributed by atoms with Crippen molar-refractivity contribution in [3.63, 3.8) is 0 Å². The topological polar surface area (TPSA) is 57.5 Å². The van der Waals surface area contributed by atoms with Gasteiger partial charge in [-0.05, 0) is 12.0 Å². The molecule has 0 aliphatic rings. The van der Waals surface area contributed by atoms with Crippen molar-refractivity contribution >= 4 is 12.0 Å². The molecule has 0 aromatic heterocycles. The summed E-state index contributed by atoms with van der Waals surface area (Å²) in [6.07, 6.45) is 3.40. The lowest BCUT2D eigenvalue weighted by atomic mass is 9.95. The summed E-state index contributed by atoms with van der Waals surface area (Å²) in [7, 11) is 0. The smallest absolute Gasteiger partial charge is 0.306 e. The van der Waals surface area contributed by atoms with Gasteiger partial charge in [0.15, 0.2) is 0 Å². The minimum atomic E-state index is -1.26. The van der Waals surface area contributed by atoms with Gasteiger partial charge in [-0.25, -0.2) is 0 Å². The van der Waals surface area contributed by atoms with Gasteiger partial charge in [0.2, 0.25) is 0 Å². The van der Waals surface area contributed by atoms with Crippen molar-refractivity contribution in [2.45, 2.75) is 25.4 Å². The summed E-state index contributed by atoms with van der Waals surface area (Å²) >= 11 is 0. The van der Waals surface area contributed by atoms with Crippen LogP contribution in [0.2, 0.25) is 0 Å². The first-order valence-corrected chi connectivity index (χ1v) is 5.24. The van der Waals surface area contributed by atoms with E-state index in [0.29, 0.717) is 6.42 Å². The third kappa shape index (κ3) is 3.87. The number of aliphatic carboxylic acids is 1. The molecule has 16 heavy (non-hydrogen) atoms. The SMILES string of the molecule is CCC(O)(/C=C/c1ccccc1)CC(=O)O. The Morgan fingerprint density at radius 2 is 2.00 bits per heavy atom. The molecule has 0 saturated carbocycles. The van der Waals surface area contributed by atoms with Crippen molar-refractivity contribution in [1.82, 2.24) is 0 Å². The fourth-order valence-electron chi connectivity index (χ4n) is 1.38. The first-order valence-electron chi connectivity index (χ1n) is 5.24. The molecule has 0 bridgehead atoms. The van der Waals surface area contributed by atoms with Gasteiger partial charge in [0.05, 0.1) is 12.0 Å². The zero-order valence-electron chi connectivity index (χ0n) is 9.26. The molecule has 0 fully saturated rings. The zero-order valence-corrected chi connectivity index (χ0v) is 9.26. The molecule has 1 unspecified atom stereocenters. The minimum absolute atomic E-state index is 0.271. The number of aliphatic hydroxyl groups is 1. The van der Waals surface area contributed by atoms with Crippen molar-refractivity contribution in [1.29, 1.82) is 0 Å². The van der Waals surface area contributed by atoms with Gasteiger partial charge in [-0.15, -0.1) is 0 Å². The molecule has 86 valence electrons. The van der Waals surface area contributed by atoms with Gasteiger partial charge in [-0.3, -0.25) is 4.79 Å². The van der Waals surface area contributed by atoms with Crippen molar-refractivity contribution in [2.75, 3.05) is 0 Å². The molecule has 0 saturated heterocycles. The molecule has 0 aliphatic heterocycles. The maximum absolute atomic E-state index is 10.6. The Morgan fingerprint density at radius 1 is 1.38 bits per heavy atom. The molecule has 1 aromatic rings. The van der Waals surface area contributed by atoms with Crippen LogP contribution in [0, 0.1) is 0 Å². The van der Waals surface area contributed by atoms with Crippen LogP contribution in [-0.4, -0.2) is 21.8 Å². The molecule has 0 heterocycles. The third-order valence-corrected chi connectivity index (χ3v) is 2.46. The van der Waals surface area contributed by atoms with E-state index in [4.69, 9.17) is 5.11 Å². The van der Waals surface area contributed by atoms with E-state index in [1.807, 2.05) is 30.3 Å². The molecule has 0 aliphatic carbocycles. The Kier molecular flexibility index (Phi) is 4.26. The van der Waals surface area contributed by atoms with E-state index in [1.54, 1.807) is 19.1 Å². The molecule has 3 heteroatoms. The molecule has 3 nitrogen and oxygen atoms in total. The van der Waals surface area contributed by atoms with Crippen molar-refractivity contribution in [2.24, 2.45) is 0 Å². The van der Waals surface area contributed by atoms with Crippen molar-refractivity contribution < 1.29 is 15.0 Å². The van der Waals surface area contributed by atoms with Gasteiger partial charge in [0.1, 0.15) is 0 Å². The highest BCUT2D eigenvalue weighted by atomic mass is 16.4. The van der Waals surface area contributed by atoms with Crippen LogP contribution < -0.4 is 0 Å². The first-order chi connectivity index (χ1) is 7.56. The number of carboxylic acid groups (broad SMARTS) is 1. The van der Waals surface area contributed by atoms with Crippen LogP contribution in [0.1, 0.15) is 25.3 Å². The van der Waals surface area contributed by atoms with Crippen LogP contribution in [0.5, 0.6) is 0 Å². The average Bonchev–Trinajstić information content (AvgIpc) is 2.27. The van der Waals surface area contributed by atoms with Gasteiger partial charge >= 0.3 is 5.97 Å². The van der Waals surface area contributed by atoms with Gasteiger partial charge in [0, 0.05) is 0 Å². The lowest BCUT2D eigenvalue weighted by molar-refractivity contribution is -0.141. The van der Waals surface area contributed by atoms with Gasteiger partial charge in [-0.2, -0.15) is 0 Å². The number of hydrogen-bond donors (Lipinski definition) is 2. The molecule has 2 N–H and O–H groups in total. The molecular formula is C13H16O3. The van der Waals surface area contributed by atoms with Crippen LogP contribution >= 0.6 is 0 Å². The van der Waals surface area contributed by atoms with E-state index >= 15 is 0 Å². The second-order valence-corrected chi connectivity index (χ2v) is 3.77. The number of benzene rings is 1. The summed E-state index contributed by atoms with van der Waals surface area (Å²) in [5.74, 6) is -0.998. The fourth-order valence-corrected chi connectivity index (χ4v) is 1.38. The quantitative estimate of drug-likeness (QED) is 0.800. The Balaban J connectivity index is 2.77. The Labute approximate surface area is 95.0 Å². The second kappa shape index (κ2) is 5.47. The second-order valence-electron chi connectivity index (χ2n) is 3.77. The van der Waals surface area contributed by atoms with E-state index in [2.05, 4.69) is 0 Å². The van der Waals surface area contributed by atoms with Crippen LogP contribution in [-0.2, 0) is 4.79 Å². The summed E-state index contributed by atoms with van der Waals surface area (Å²) in [5.41, 5.74) is -0.318. The van der Waals surface area contributed by atoms with Crippen LogP contribution in [0.3, 0.4) is 0 Å². The first kappa shape index (κ1) is 12.5. The summed E-state index contributed by atoms with van der Waals surface area (Å²) in [5, 5.41) is 18.7. The predicted octanol–water partition coefficient (Wildman–Crippen LogP) is 2.32. The summed E-state index contributed by atoms with van der Waals surface area (Å²) in [6.45, 7) is 1.76. The van der Waals surface area contributed by atoms with Crippen molar-refractivity contribution in [3.8, 4) is 0 Å². The standard InChI is InChI=1S/C13H16O3/c1-2-13(16,10-12(14)15)9-8-11-6-4-3-5-7-11/h3-9,16H,2,10H2,1H3,(H,14,15)/b9-8+. The summed E-state index contributed by atoms with van der Waals surface area (Å²) in [6, 6.07) is 9.48. The lowest BCUT2D eigenvalue weighted by Gasteiger charge is -2.20. The van der Waals surface area contributed by atoms with E-state index in [1.165, 1.54) is 0 Å². The average molecular weight is 220 g/mol. The van der Waals surface area contributed by atoms with Gasteiger partial charge < -0.3 is 10.2 Å². The molecule has 1 rings (SSSR count). The van der Waals surface area contributed by atoms with Gasteiger partial charge in [0.25, 0.3) is 0 Å². The van der Waals surface area contributed by atoms with E-state index in [9.17, 15) is 9.90 Å². The normalized spacial score (nSPS) is 14.9. The molecule has 1 atom stereocenters. The Hall–Kier alpha value is -1.61. The number of rotatable bonds is 5. The zero-order chi connectivity index (χ0) is 12.0. The highest BCUT2D eigenvalue weighted by Crippen LogP contribution is 2.18. The molecule has 0 radical (unpaired) electrons. The fraction of sp³-hybridized carbons (Fsp3) is 0.308. The van der Waals surface area contributed by atoms with Crippen molar-refractivity contribution in [3.05, 3.63) is 42.0 Å². The minimum Gasteiger partial charge on any atom is -0.481 e. The Bertz CT molecular complexity index is 370. The number of carboxylic acids is 1. The van der Waals surface area contributed by atoms with Gasteiger partial charge in [-0.1, -0.05) is 49.4 Å². The van der Waals surface area contributed by atoms with Crippen LogP contribution in [0.4, 0.5) is 0 Å². The number of hydrogen-bond acceptors (Lipinski definition) is 2. The third-order valence-electron chi connectivity index (χ3n) is 2.46. The highest BCUT2D eigenvalue weighted by Gasteiger charge is 2.24. The molecule has 0 amide bonds. The maximum atomic E-state index is 10.6. The largest absolute Gasteiger partial charge is 0.481 e. The monoisotopic (exact) mass is 220 g/mol. The summed E-state index contributed by atoms with van der Waals surface area (Å²) < 4.78 is 0. The maximum Gasteiger partial charge on any atom is 0.306 e. The molecule has 1 aromatic carbocycles. The summed E-state index contributed by atoms with van der Waals surface area (Å²) in [4.78, 5) is 10.6. The van der Waals surface area contributed by atoms with E-state index in [-0.39, 0.29) is 6.42 Å². The lowest BCUT2D eigenvalue weighted by Crippen LogP contribution is -2.28. The number of carbonyl (C=O) groups is 1. The Morgan fingerprint density at radius 3 is 2.50 bits per heavy atom. The van der Waals surface area contributed by atoms with E-state index in [0.717, 1.165) is 5.56 Å².